The van der Waals surface area contributed by atoms with E-state index in [2.05, 4.69) is 82.9 Å². The van der Waals surface area contributed by atoms with E-state index in [4.69, 9.17) is 13.4 Å². The van der Waals surface area contributed by atoms with Crippen molar-refractivity contribution >= 4 is 76.3 Å². The highest BCUT2D eigenvalue weighted by Crippen LogP contribution is 2.27. The number of halogens is 2. The molecule has 3 aliphatic heterocycles. The molecule has 0 atom stereocenters. The minimum absolute atomic E-state index is 0.0120. The van der Waals surface area contributed by atoms with Gasteiger partial charge in [-0.1, -0.05) is 38.9 Å². The first-order valence-electron chi connectivity index (χ1n) is 45.5. The van der Waals surface area contributed by atoms with E-state index < -0.39 is 5.92 Å². The third kappa shape index (κ3) is 133. The van der Waals surface area contributed by atoms with Crippen LogP contribution in [0.4, 0.5) is 8.78 Å². The predicted molar refractivity (Wildman–Crippen MR) is 537 cm³/mol. The summed E-state index contributed by atoms with van der Waals surface area (Å²) in [4.78, 5) is 145. The number of hydrogen-bond donors (Lipinski definition) is 6. The number of rotatable bonds is 13. The van der Waals surface area contributed by atoms with Crippen molar-refractivity contribution in [3.63, 3.8) is 0 Å². The van der Waals surface area contributed by atoms with Crippen LogP contribution in [0.3, 0.4) is 0 Å². The van der Waals surface area contributed by atoms with Crippen LogP contribution < -0.4 is 26.6 Å². The Bertz CT molecular complexity index is 3790. The summed E-state index contributed by atoms with van der Waals surface area (Å²) in [6.45, 7) is 63.1. The van der Waals surface area contributed by atoms with Crippen LogP contribution in [0.1, 0.15) is 276 Å². The maximum atomic E-state index is 11.0. The number of amides is 9. The SMILES string of the molecule is C#CC.CC.CC(=O)N(C)C.CC(=O)N1CC(C)C1.CC(=O)N1CCC1.CC(=O)N1CCCCC1.CC(=O)NC1CCC1.CC(=O)NCC1CC1.CC(=O)NCCN(C)C.CC(=O)NCc1ccccn1.CC(C)(F)F.CC(C)=O.CC(C)=O.CC(C)=O.CCC(C)=O.CCn1cc(C)cn1.COCCNC(C)=O.Cc1ccco1.Cc1ccoc1.Cc1cn[nH]c1.Cc1noc(C)c1C. The van der Waals surface area contributed by atoms with Crippen LogP contribution in [-0.2, 0) is 80.2 Å². The molecule has 5 aliphatic rings. The van der Waals surface area contributed by atoms with Gasteiger partial charge in [0.15, 0.2) is 0 Å². The van der Waals surface area contributed by atoms with Crippen molar-refractivity contribution in [3.8, 4) is 12.3 Å². The lowest BCUT2D eigenvalue weighted by Gasteiger charge is -2.36. The molecule has 35 heteroatoms. The zero-order valence-electron chi connectivity index (χ0n) is 89.3. The lowest BCUT2D eigenvalue weighted by atomic mass is 9.93. The van der Waals surface area contributed by atoms with Crippen LogP contribution >= 0.6 is 0 Å². The predicted octanol–water partition coefficient (Wildman–Crippen LogP) is 16.0. The highest BCUT2D eigenvalue weighted by molar-refractivity contribution is 5.77. The van der Waals surface area contributed by atoms with Crippen molar-refractivity contribution in [3.05, 3.63) is 131 Å². The Kier molecular flexibility index (Phi) is 104. The Morgan fingerprint density at radius 2 is 1.06 bits per heavy atom. The second kappa shape index (κ2) is 97.1. The Labute approximate surface area is 809 Å². The number of methoxy groups -OCH3 is 1. The van der Waals surface area contributed by atoms with E-state index >= 15 is 0 Å². The Morgan fingerprint density at radius 1 is 0.600 bits per heavy atom. The number of pyridine rings is 1. The van der Waals surface area contributed by atoms with Crippen LogP contribution in [0.15, 0.2) is 99.5 Å². The maximum Gasteiger partial charge on any atom is 0.242 e. The molecular formula is C100H178F2N16O17. The number of likely N-dealkylation sites (tertiary alicyclic amines) is 3. The van der Waals surface area contributed by atoms with Gasteiger partial charge in [0.2, 0.25) is 59.1 Å². The van der Waals surface area contributed by atoms with Gasteiger partial charge >= 0.3 is 0 Å². The highest BCUT2D eigenvalue weighted by Gasteiger charge is 2.24. The number of furan rings is 2. The average Bonchev–Trinajstić information content (AvgIpc) is 1.75. The molecule has 6 aromatic rings. The smallest absolute Gasteiger partial charge is 0.242 e. The number of H-pyrrole nitrogens is 1. The number of hydrogen-bond acceptors (Lipinski definition) is 22. The van der Waals surface area contributed by atoms with Crippen LogP contribution in [-0.4, -0.2) is 250 Å². The molecule has 5 fully saturated rings. The summed E-state index contributed by atoms with van der Waals surface area (Å²) in [5, 5.41) is 27.7. The van der Waals surface area contributed by atoms with Gasteiger partial charge in [0.1, 0.15) is 34.7 Å². The third-order valence-electron chi connectivity index (χ3n) is 15.9. The van der Waals surface area contributed by atoms with Crippen molar-refractivity contribution in [2.45, 2.75) is 304 Å². The summed E-state index contributed by atoms with van der Waals surface area (Å²) in [5.41, 5.74) is 6.60. The summed E-state index contributed by atoms with van der Waals surface area (Å²) in [7, 11) is 9.00. The fourth-order valence-corrected chi connectivity index (χ4v) is 7.93. The van der Waals surface area contributed by atoms with Gasteiger partial charge in [0.05, 0.1) is 55.7 Å². The number of carbonyl (C=O) groups excluding carboxylic acids is 13. The number of carbonyl (C=O) groups is 13. The van der Waals surface area contributed by atoms with Gasteiger partial charge in [0.25, 0.3) is 0 Å². The number of piperidine rings is 1. The van der Waals surface area contributed by atoms with Crippen molar-refractivity contribution < 1.29 is 89.2 Å². The van der Waals surface area contributed by atoms with Gasteiger partial charge < -0.3 is 88.4 Å². The number of aromatic amines is 1. The molecule has 0 aromatic carbocycles. The second-order valence-corrected chi connectivity index (χ2v) is 32.1. The van der Waals surface area contributed by atoms with Gasteiger partial charge in [0, 0.05) is 192 Å². The van der Waals surface area contributed by atoms with Gasteiger partial charge in [-0.3, -0.25) is 57.9 Å². The zero-order valence-corrected chi connectivity index (χ0v) is 89.3. The summed E-state index contributed by atoms with van der Waals surface area (Å²) in [5.74, 6) is 4.88. The molecular weight excluding hydrogens is 1740 g/mol. The molecule has 0 radical (unpaired) electrons. The zero-order chi connectivity index (χ0) is 107. The molecule has 135 heavy (non-hydrogen) atoms. The first-order valence-corrected chi connectivity index (χ1v) is 45.5. The van der Waals surface area contributed by atoms with Crippen LogP contribution in [0.2, 0.25) is 0 Å². The number of aryl methyl sites for hydroxylation is 7. The molecule has 0 bridgehead atoms. The third-order valence-corrected chi connectivity index (χ3v) is 15.9. The number of alkyl halides is 2. The lowest BCUT2D eigenvalue weighted by molar-refractivity contribution is -0.134. The normalized spacial score (nSPS) is 11.8. The van der Waals surface area contributed by atoms with E-state index in [9.17, 15) is 71.1 Å². The Hall–Kier alpha value is -11.4. The first kappa shape index (κ1) is 144. The Morgan fingerprint density at radius 3 is 1.25 bits per heavy atom. The molecule has 33 nitrogen and oxygen atoms in total. The molecule has 2 saturated carbocycles. The summed E-state index contributed by atoms with van der Waals surface area (Å²) < 4.78 is 43.0. The van der Waals surface area contributed by atoms with E-state index in [1.54, 1.807) is 101 Å². The molecule has 0 spiro atoms. The molecule has 9 amide bonds. The average molecular weight is 1910 g/mol. The monoisotopic (exact) mass is 1910 g/mol. The number of Topliss-reactive ketones (excluding diaryl/α,β-unsaturated/α-hetero) is 4. The van der Waals surface area contributed by atoms with E-state index in [1.165, 1.54) is 149 Å². The molecule has 774 valence electrons. The number of nitrogens with zero attached hydrogens (tertiary/aromatic N) is 10. The summed E-state index contributed by atoms with van der Waals surface area (Å²) in [6, 6.07) is 11.8. The first-order chi connectivity index (χ1) is 62.8. The molecule has 11 rings (SSSR count). The Balaban J connectivity index is -0.000000153. The number of ether oxygens (including phenoxy) is 1. The number of aromatic nitrogens is 6. The van der Waals surface area contributed by atoms with Crippen LogP contribution in [0.5, 0.6) is 0 Å². The van der Waals surface area contributed by atoms with E-state index in [0.717, 1.165) is 120 Å². The molecule has 6 aromatic heterocycles. The number of terminal acetylenes is 1. The molecule has 0 unspecified atom stereocenters. The molecule has 6 N–H and O–H groups in total. The standard InChI is InChI=1S/C8H10N2O.C7H13NO.C6H14N2O.C6H10N2.C6H11NO.C6H9NO.2C6H11NO.C5H11NO2.C5H9NO.2C5H6O.C4H6N2.C4H9NO.C4H8O.C3H6F2.3C3H6O.C3H4.C2H6/c1-7(11)10-6-8-4-2-3-5-9-8;1-7(9)8-5-3-2-4-6-8;1-6(9)7-4-5-8(2)3;1-3-8-5-6(2)4-7-8;1-5-3-7(4-5)6(2)8;1-4-5(2)7-8-6(4)3;1-5(8)7-4-6-2-3-6;1-5(8)7-6-3-2-4-6;1-5(7)6-3-4-8-2;1-5(7)6-3-2-4-6;1-5-2-3-6-4-5;1-5-3-2-4-6-5;1-4-2-5-6-3-4;1-4(6)5(2)3;1-3-4(2)5;1-3(2,4)5;3*1-3(2)4;1-3-2;1-2/h2-5H,6H2,1H3,(H,10,11);2-6H2,1H3;4-5H2,1-3H3,(H,7,9);4-5H,3H2,1-2H3;5H,3-4H2,1-2H3;1-3H3;2*6H,2-4H2,1H3,(H,7,8);3-4H2,1-2H3,(H,6,7);2-4H2,1H3;2*2-4H,1H3;2-3H,1H3,(H,5,6);1-3H3;3H2,1-2H3;1-2H3;3*1-2H3;1H,2H3;1-2H3. The van der Waals surface area contributed by atoms with Crippen LogP contribution in [0.25, 0.3) is 0 Å². The van der Waals surface area contributed by atoms with Gasteiger partial charge in [-0.2, -0.15) is 10.2 Å². The van der Waals surface area contributed by atoms with Crippen molar-refractivity contribution in [1.82, 2.24) is 81.2 Å². The number of nitrogens with one attached hydrogen (secondary N) is 6. The minimum atomic E-state index is -2.50. The lowest BCUT2D eigenvalue weighted by Crippen LogP contribution is -2.47. The minimum Gasteiger partial charge on any atom is -0.472 e. The number of likely N-dealkylation sites (N-methyl/N-ethyl adjacent to an activating group) is 1. The highest BCUT2D eigenvalue weighted by atomic mass is 19.3. The van der Waals surface area contributed by atoms with E-state index in [0.29, 0.717) is 32.2 Å². The van der Waals surface area contributed by atoms with Gasteiger partial charge in [-0.25, -0.2) is 8.78 Å². The van der Waals surface area contributed by atoms with Gasteiger partial charge in [-0.15, -0.1) is 12.3 Å². The fraction of sp³-hybridized carbons (Fsp3) is 0.630. The summed E-state index contributed by atoms with van der Waals surface area (Å²) in [6.07, 6.45) is 30.7. The van der Waals surface area contributed by atoms with Crippen molar-refractivity contribution in [1.29, 1.82) is 0 Å². The number of ketones is 4. The summed E-state index contributed by atoms with van der Waals surface area (Å²) >= 11 is 0. The maximum absolute atomic E-state index is 11.0. The van der Waals surface area contributed by atoms with E-state index in [-0.39, 0.29) is 76.3 Å². The molecule has 2 aliphatic carbocycles. The van der Waals surface area contributed by atoms with Gasteiger partial charge in [-0.05, 0) is 255 Å². The fourth-order valence-electron chi connectivity index (χ4n) is 7.93. The second-order valence-electron chi connectivity index (χ2n) is 32.1. The van der Waals surface area contributed by atoms with Crippen LogP contribution in [0, 0.1) is 72.6 Å². The van der Waals surface area contributed by atoms with Crippen molar-refractivity contribution in [2.24, 2.45) is 11.8 Å². The molecule has 9 heterocycles. The van der Waals surface area contributed by atoms with Crippen molar-refractivity contribution in [2.75, 3.05) is 107 Å². The quantitative estimate of drug-likeness (QED) is 0.0462. The topological polar surface area (TPSA) is 419 Å². The van der Waals surface area contributed by atoms with E-state index in [1.807, 2.05) is 163 Å². The molecule has 3 saturated heterocycles. The largest absolute Gasteiger partial charge is 0.472 e.